The van der Waals surface area contributed by atoms with E-state index in [1.807, 2.05) is 6.07 Å². The predicted molar refractivity (Wildman–Crippen MR) is 71.3 cm³/mol. The van der Waals surface area contributed by atoms with Crippen molar-refractivity contribution >= 4 is 5.91 Å². The second kappa shape index (κ2) is 4.73. The van der Waals surface area contributed by atoms with Gasteiger partial charge in [0.2, 0.25) is 5.91 Å². The summed E-state index contributed by atoms with van der Waals surface area (Å²) < 4.78 is 0. The minimum absolute atomic E-state index is 0.0158. The summed E-state index contributed by atoms with van der Waals surface area (Å²) in [7, 11) is 0. The summed E-state index contributed by atoms with van der Waals surface area (Å²) in [5.41, 5.74) is 1.34. The van der Waals surface area contributed by atoms with Crippen LogP contribution in [-0.2, 0) is 4.79 Å². The molecule has 4 unspecified atom stereocenters. The molecule has 2 N–H and O–H groups in total. The van der Waals surface area contributed by atoms with E-state index in [9.17, 15) is 4.79 Å². The Kier molecular flexibility index (Phi) is 3.08. The summed E-state index contributed by atoms with van der Waals surface area (Å²) >= 11 is 0. The molecule has 0 bridgehead atoms. The monoisotopic (exact) mass is 244 g/mol. The summed E-state index contributed by atoms with van der Waals surface area (Å²) in [4.78, 5) is 12.1. The molecule has 4 atom stereocenters. The van der Waals surface area contributed by atoms with E-state index in [0.717, 1.165) is 19.4 Å². The van der Waals surface area contributed by atoms with Crippen LogP contribution in [0.3, 0.4) is 0 Å². The Hall–Kier alpha value is -1.35. The van der Waals surface area contributed by atoms with Crippen molar-refractivity contribution in [1.29, 1.82) is 0 Å². The molecule has 1 aromatic carbocycles. The maximum absolute atomic E-state index is 12.1. The molecule has 2 aliphatic rings. The zero-order valence-corrected chi connectivity index (χ0v) is 10.7. The van der Waals surface area contributed by atoms with Gasteiger partial charge in [-0.3, -0.25) is 4.79 Å². The number of nitrogens with one attached hydrogen (secondary N) is 2. The van der Waals surface area contributed by atoms with Crippen LogP contribution in [0.15, 0.2) is 30.3 Å². The van der Waals surface area contributed by atoms with Crippen LogP contribution >= 0.6 is 0 Å². The molecule has 1 aliphatic heterocycles. The van der Waals surface area contributed by atoms with E-state index in [2.05, 4.69) is 41.8 Å². The third kappa shape index (κ3) is 2.27. The molecule has 3 heteroatoms. The van der Waals surface area contributed by atoms with Gasteiger partial charge in [-0.05, 0) is 30.9 Å². The van der Waals surface area contributed by atoms with Gasteiger partial charge in [0, 0.05) is 12.0 Å². The minimum Gasteiger partial charge on any atom is -0.351 e. The average molecular weight is 244 g/mol. The minimum atomic E-state index is 0.0158. The van der Waals surface area contributed by atoms with E-state index in [1.165, 1.54) is 5.56 Å². The first-order valence-electron chi connectivity index (χ1n) is 6.84. The fraction of sp³-hybridized carbons (Fsp3) is 0.533. The van der Waals surface area contributed by atoms with Crippen molar-refractivity contribution in [2.75, 3.05) is 6.54 Å². The van der Waals surface area contributed by atoms with Crippen LogP contribution in [0.2, 0.25) is 0 Å². The van der Waals surface area contributed by atoms with E-state index in [4.69, 9.17) is 0 Å². The highest BCUT2D eigenvalue weighted by Crippen LogP contribution is 2.40. The predicted octanol–water partition coefficient (Wildman–Crippen LogP) is 1.66. The van der Waals surface area contributed by atoms with Crippen molar-refractivity contribution < 1.29 is 4.79 Å². The lowest BCUT2D eigenvalue weighted by Gasteiger charge is -2.15. The number of hydrogen-bond acceptors (Lipinski definition) is 2. The summed E-state index contributed by atoms with van der Waals surface area (Å²) in [6.07, 6.45) is 2.18. The van der Waals surface area contributed by atoms with E-state index >= 15 is 0 Å². The van der Waals surface area contributed by atoms with Crippen LogP contribution < -0.4 is 10.6 Å². The Morgan fingerprint density at radius 3 is 2.78 bits per heavy atom. The summed E-state index contributed by atoms with van der Waals surface area (Å²) in [5, 5.41) is 6.46. The molecule has 96 valence electrons. The molecular weight excluding hydrogens is 224 g/mol. The molecule has 1 saturated heterocycles. The highest BCUT2D eigenvalue weighted by Gasteiger charge is 2.41. The molecule has 18 heavy (non-hydrogen) atoms. The lowest BCUT2D eigenvalue weighted by atomic mass is 10.0. The molecule has 0 spiro atoms. The summed E-state index contributed by atoms with van der Waals surface area (Å²) in [6, 6.07) is 10.8. The van der Waals surface area contributed by atoms with Crippen LogP contribution in [-0.4, -0.2) is 24.5 Å². The SMILES string of the molecule is CC1CCNC1C(=O)NC1CC1c1ccccc1. The van der Waals surface area contributed by atoms with E-state index in [0.29, 0.717) is 17.9 Å². The Balaban J connectivity index is 1.55. The van der Waals surface area contributed by atoms with Gasteiger partial charge in [-0.25, -0.2) is 0 Å². The molecule has 1 aliphatic carbocycles. The number of hydrogen-bond donors (Lipinski definition) is 2. The van der Waals surface area contributed by atoms with Crippen molar-refractivity contribution in [3.63, 3.8) is 0 Å². The smallest absolute Gasteiger partial charge is 0.237 e. The Bertz CT molecular complexity index is 431. The molecule has 1 aromatic rings. The fourth-order valence-electron chi connectivity index (χ4n) is 2.88. The van der Waals surface area contributed by atoms with Crippen LogP contribution in [0.4, 0.5) is 0 Å². The molecule has 1 amide bonds. The van der Waals surface area contributed by atoms with Crippen LogP contribution in [0.25, 0.3) is 0 Å². The first-order chi connectivity index (χ1) is 8.75. The Morgan fingerprint density at radius 2 is 2.11 bits per heavy atom. The Morgan fingerprint density at radius 1 is 1.33 bits per heavy atom. The van der Waals surface area contributed by atoms with Crippen molar-refractivity contribution in [2.24, 2.45) is 5.92 Å². The average Bonchev–Trinajstić information content (AvgIpc) is 3.01. The van der Waals surface area contributed by atoms with Crippen LogP contribution in [0.5, 0.6) is 0 Å². The van der Waals surface area contributed by atoms with Gasteiger partial charge >= 0.3 is 0 Å². The fourth-order valence-corrected chi connectivity index (χ4v) is 2.88. The standard InChI is InChI=1S/C15H20N2O/c1-10-7-8-16-14(10)15(18)17-13-9-12(13)11-5-3-2-4-6-11/h2-6,10,12-14,16H,7-9H2,1H3,(H,17,18). The van der Waals surface area contributed by atoms with Crippen molar-refractivity contribution in [1.82, 2.24) is 10.6 Å². The first-order valence-corrected chi connectivity index (χ1v) is 6.84. The van der Waals surface area contributed by atoms with Crippen molar-refractivity contribution in [3.8, 4) is 0 Å². The van der Waals surface area contributed by atoms with Crippen LogP contribution in [0, 0.1) is 5.92 Å². The van der Waals surface area contributed by atoms with Crippen LogP contribution in [0.1, 0.15) is 31.2 Å². The second-order valence-corrected chi connectivity index (χ2v) is 5.57. The van der Waals surface area contributed by atoms with Gasteiger partial charge in [0.15, 0.2) is 0 Å². The van der Waals surface area contributed by atoms with E-state index < -0.39 is 0 Å². The molecule has 0 aromatic heterocycles. The Labute approximate surface area is 108 Å². The molecule has 0 radical (unpaired) electrons. The molecule has 1 heterocycles. The lowest BCUT2D eigenvalue weighted by molar-refractivity contribution is -0.123. The lowest BCUT2D eigenvalue weighted by Crippen LogP contribution is -2.44. The third-order valence-corrected chi connectivity index (χ3v) is 4.16. The largest absolute Gasteiger partial charge is 0.351 e. The van der Waals surface area contributed by atoms with Gasteiger partial charge in [0.25, 0.3) is 0 Å². The summed E-state index contributed by atoms with van der Waals surface area (Å²) in [5.74, 6) is 1.16. The maximum atomic E-state index is 12.1. The number of carbonyl (C=O) groups excluding carboxylic acids is 1. The third-order valence-electron chi connectivity index (χ3n) is 4.16. The van der Waals surface area contributed by atoms with Gasteiger partial charge < -0.3 is 10.6 Å². The van der Waals surface area contributed by atoms with E-state index in [-0.39, 0.29) is 11.9 Å². The van der Waals surface area contributed by atoms with Gasteiger partial charge in [-0.2, -0.15) is 0 Å². The van der Waals surface area contributed by atoms with Crippen molar-refractivity contribution in [3.05, 3.63) is 35.9 Å². The van der Waals surface area contributed by atoms with Crippen molar-refractivity contribution in [2.45, 2.75) is 37.8 Å². The summed E-state index contributed by atoms with van der Waals surface area (Å²) in [6.45, 7) is 3.11. The highest BCUT2D eigenvalue weighted by molar-refractivity contribution is 5.83. The topological polar surface area (TPSA) is 41.1 Å². The molecule has 3 nitrogen and oxygen atoms in total. The molecule has 3 rings (SSSR count). The second-order valence-electron chi connectivity index (χ2n) is 5.57. The number of amides is 1. The number of rotatable bonds is 3. The maximum Gasteiger partial charge on any atom is 0.237 e. The van der Waals surface area contributed by atoms with Gasteiger partial charge in [-0.1, -0.05) is 37.3 Å². The highest BCUT2D eigenvalue weighted by atomic mass is 16.2. The van der Waals surface area contributed by atoms with Gasteiger partial charge in [0.05, 0.1) is 6.04 Å². The molecular formula is C15H20N2O. The normalized spacial score (nSPS) is 34.3. The zero-order valence-electron chi connectivity index (χ0n) is 10.7. The number of carbonyl (C=O) groups is 1. The number of benzene rings is 1. The van der Waals surface area contributed by atoms with E-state index in [1.54, 1.807) is 0 Å². The quantitative estimate of drug-likeness (QED) is 0.849. The van der Waals surface area contributed by atoms with Gasteiger partial charge in [0.1, 0.15) is 0 Å². The van der Waals surface area contributed by atoms with Gasteiger partial charge in [-0.15, -0.1) is 0 Å². The molecule has 1 saturated carbocycles. The zero-order chi connectivity index (χ0) is 12.5. The first kappa shape index (κ1) is 11.7. The molecule has 2 fully saturated rings.